The van der Waals surface area contributed by atoms with Gasteiger partial charge in [0.2, 0.25) is 0 Å². The molecule has 1 fully saturated rings. The van der Waals surface area contributed by atoms with Crippen molar-refractivity contribution >= 4 is 11.5 Å². The van der Waals surface area contributed by atoms with Gasteiger partial charge in [0.05, 0.1) is 5.56 Å². The second kappa shape index (κ2) is 8.45. The number of pyridine rings is 1. The summed E-state index contributed by atoms with van der Waals surface area (Å²) in [6, 6.07) is 9.86. The van der Waals surface area contributed by atoms with Crippen LogP contribution in [0, 0.1) is 5.82 Å². The third-order valence-corrected chi connectivity index (χ3v) is 5.08. The lowest BCUT2D eigenvalue weighted by molar-refractivity contribution is 0.0988. The van der Waals surface area contributed by atoms with Crippen molar-refractivity contribution in [2.45, 2.75) is 25.3 Å². The smallest absolute Gasteiger partial charge is 0.185 e. The van der Waals surface area contributed by atoms with Gasteiger partial charge >= 0.3 is 0 Å². The third-order valence-electron chi connectivity index (χ3n) is 5.08. The molecule has 0 unspecified atom stereocenters. The predicted octanol–water partition coefficient (Wildman–Crippen LogP) is 3.03. The molecule has 1 aliphatic rings. The van der Waals surface area contributed by atoms with Gasteiger partial charge in [0, 0.05) is 55.4 Å². The Labute approximate surface area is 168 Å². The molecule has 1 aliphatic heterocycles. The van der Waals surface area contributed by atoms with Crippen LogP contribution in [0.1, 0.15) is 28.9 Å². The number of ketones is 1. The zero-order chi connectivity index (χ0) is 20.2. The lowest BCUT2D eigenvalue weighted by Crippen LogP contribution is -2.43. The van der Waals surface area contributed by atoms with Gasteiger partial charge in [-0.15, -0.1) is 0 Å². The SMILES string of the molecule is N[C@H]1CCCN(c2ccncc2CC(=O)c2ccnc(-c3ccccc3F)n2)C1. The fraction of sp³-hybridized carbons (Fsp3) is 0.273. The van der Waals surface area contributed by atoms with Crippen molar-refractivity contribution in [3.05, 3.63) is 72.1 Å². The Kier molecular flexibility index (Phi) is 5.57. The molecular formula is C22H22FN5O. The maximum atomic E-state index is 14.1. The molecule has 0 bridgehead atoms. The van der Waals surface area contributed by atoms with Crippen LogP contribution in [0.15, 0.2) is 55.0 Å². The van der Waals surface area contributed by atoms with Gasteiger partial charge in [0.25, 0.3) is 0 Å². The summed E-state index contributed by atoms with van der Waals surface area (Å²) in [6.07, 6.45) is 7.11. The summed E-state index contributed by atoms with van der Waals surface area (Å²) in [6.45, 7) is 1.67. The first-order valence-electron chi connectivity index (χ1n) is 9.66. The standard InChI is InChI=1S/C22H22FN5O/c23-18-6-2-1-5-17(18)22-26-10-7-19(27-22)21(29)12-15-13-25-9-8-20(15)28-11-3-4-16(24)14-28/h1-2,5-10,13,16H,3-4,11-12,14,24H2/t16-/m0/s1. The molecular weight excluding hydrogens is 369 g/mol. The Morgan fingerprint density at radius 3 is 2.90 bits per heavy atom. The first-order chi connectivity index (χ1) is 14.1. The van der Waals surface area contributed by atoms with E-state index in [-0.39, 0.29) is 35.3 Å². The minimum Gasteiger partial charge on any atom is -0.370 e. The highest BCUT2D eigenvalue weighted by atomic mass is 19.1. The maximum absolute atomic E-state index is 14.1. The molecule has 29 heavy (non-hydrogen) atoms. The Bertz CT molecular complexity index is 1030. The quantitative estimate of drug-likeness (QED) is 0.673. The topological polar surface area (TPSA) is 85.0 Å². The fourth-order valence-corrected chi connectivity index (χ4v) is 3.64. The molecule has 2 N–H and O–H groups in total. The number of carbonyl (C=O) groups is 1. The van der Waals surface area contributed by atoms with Gasteiger partial charge in [-0.05, 0) is 37.1 Å². The van der Waals surface area contributed by atoms with E-state index in [1.807, 2.05) is 6.07 Å². The monoisotopic (exact) mass is 391 g/mol. The lowest BCUT2D eigenvalue weighted by atomic mass is 10.0. The molecule has 4 rings (SSSR count). The zero-order valence-electron chi connectivity index (χ0n) is 16.0. The molecule has 1 atom stereocenters. The van der Waals surface area contributed by atoms with E-state index in [1.165, 1.54) is 12.3 Å². The molecule has 1 saturated heterocycles. The minimum atomic E-state index is -0.423. The van der Waals surface area contributed by atoms with Crippen molar-refractivity contribution in [3.8, 4) is 11.4 Å². The molecule has 0 aliphatic carbocycles. The van der Waals surface area contributed by atoms with Gasteiger partial charge in [0.1, 0.15) is 11.5 Å². The van der Waals surface area contributed by atoms with E-state index in [9.17, 15) is 9.18 Å². The van der Waals surface area contributed by atoms with Crippen molar-refractivity contribution in [2.24, 2.45) is 5.73 Å². The minimum absolute atomic E-state index is 0.130. The van der Waals surface area contributed by atoms with E-state index < -0.39 is 5.82 Å². The van der Waals surface area contributed by atoms with E-state index in [2.05, 4.69) is 19.9 Å². The number of nitrogens with zero attached hydrogens (tertiary/aromatic N) is 4. The Balaban J connectivity index is 1.58. The fourth-order valence-electron chi connectivity index (χ4n) is 3.64. The van der Waals surface area contributed by atoms with Crippen LogP contribution in [0.4, 0.5) is 10.1 Å². The number of anilines is 1. The molecule has 0 saturated carbocycles. The molecule has 0 radical (unpaired) electrons. The van der Waals surface area contributed by atoms with Crippen LogP contribution >= 0.6 is 0 Å². The lowest BCUT2D eigenvalue weighted by Gasteiger charge is -2.33. The zero-order valence-corrected chi connectivity index (χ0v) is 16.0. The first-order valence-corrected chi connectivity index (χ1v) is 9.66. The molecule has 1 aromatic carbocycles. The third kappa shape index (κ3) is 4.30. The molecule has 148 valence electrons. The summed E-state index contributed by atoms with van der Waals surface area (Å²) in [4.78, 5) is 27.7. The van der Waals surface area contributed by atoms with E-state index in [0.717, 1.165) is 37.2 Å². The van der Waals surface area contributed by atoms with Crippen LogP contribution in [-0.4, -0.2) is 39.9 Å². The molecule has 3 aromatic rings. The summed E-state index contributed by atoms with van der Waals surface area (Å²) in [5.41, 5.74) is 8.45. The molecule has 6 nitrogen and oxygen atoms in total. The van der Waals surface area contributed by atoms with E-state index in [4.69, 9.17) is 5.73 Å². The first kappa shape index (κ1) is 19.1. The van der Waals surface area contributed by atoms with Crippen LogP contribution < -0.4 is 10.6 Å². The van der Waals surface area contributed by atoms with Gasteiger partial charge in [-0.2, -0.15) is 0 Å². The number of aromatic nitrogens is 3. The Morgan fingerprint density at radius 1 is 1.21 bits per heavy atom. The van der Waals surface area contributed by atoms with E-state index >= 15 is 0 Å². The number of hydrogen-bond donors (Lipinski definition) is 1. The second-order valence-corrected chi connectivity index (χ2v) is 7.20. The summed E-state index contributed by atoms with van der Waals surface area (Å²) < 4.78 is 14.1. The molecule has 0 spiro atoms. The normalized spacial score (nSPS) is 16.6. The Morgan fingerprint density at radius 2 is 2.07 bits per heavy atom. The van der Waals surface area contributed by atoms with Crippen molar-refractivity contribution in [1.29, 1.82) is 0 Å². The Hall–Kier alpha value is -3.19. The summed E-state index contributed by atoms with van der Waals surface area (Å²) in [5.74, 6) is -0.393. The van der Waals surface area contributed by atoms with Crippen molar-refractivity contribution in [2.75, 3.05) is 18.0 Å². The number of piperidine rings is 1. The van der Waals surface area contributed by atoms with Crippen LogP contribution in [0.25, 0.3) is 11.4 Å². The van der Waals surface area contributed by atoms with E-state index in [0.29, 0.717) is 0 Å². The molecule has 3 heterocycles. The molecule has 2 aromatic heterocycles. The highest BCUT2D eigenvalue weighted by molar-refractivity contribution is 5.96. The van der Waals surface area contributed by atoms with Gasteiger partial charge in [-0.3, -0.25) is 9.78 Å². The maximum Gasteiger partial charge on any atom is 0.185 e. The highest BCUT2D eigenvalue weighted by Gasteiger charge is 2.21. The summed E-state index contributed by atoms with van der Waals surface area (Å²) in [5, 5.41) is 0. The van der Waals surface area contributed by atoms with Crippen LogP contribution in [0.3, 0.4) is 0 Å². The summed E-state index contributed by atoms with van der Waals surface area (Å²) >= 11 is 0. The number of rotatable bonds is 5. The molecule has 7 heteroatoms. The average molecular weight is 391 g/mol. The second-order valence-electron chi connectivity index (χ2n) is 7.20. The van der Waals surface area contributed by atoms with Gasteiger partial charge < -0.3 is 10.6 Å². The number of halogens is 1. The highest BCUT2D eigenvalue weighted by Crippen LogP contribution is 2.25. The number of nitrogens with two attached hydrogens (primary N) is 1. The van der Waals surface area contributed by atoms with Crippen LogP contribution in [-0.2, 0) is 6.42 Å². The summed E-state index contributed by atoms with van der Waals surface area (Å²) in [7, 11) is 0. The number of carbonyl (C=O) groups excluding carboxylic acids is 1. The van der Waals surface area contributed by atoms with Crippen molar-refractivity contribution in [3.63, 3.8) is 0 Å². The van der Waals surface area contributed by atoms with E-state index in [1.54, 1.807) is 36.7 Å². The largest absolute Gasteiger partial charge is 0.370 e. The predicted molar refractivity (Wildman–Crippen MR) is 109 cm³/mol. The van der Waals surface area contributed by atoms with Crippen molar-refractivity contribution in [1.82, 2.24) is 15.0 Å². The molecule has 0 amide bonds. The van der Waals surface area contributed by atoms with Crippen LogP contribution in [0.2, 0.25) is 0 Å². The average Bonchev–Trinajstić information content (AvgIpc) is 2.74. The van der Waals surface area contributed by atoms with Gasteiger partial charge in [0.15, 0.2) is 11.6 Å². The van der Waals surface area contributed by atoms with Crippen molar-refractivity contribution < 1.29 is 9.18 Å². The number of Topliss-reactive ketones (excluding diaryl/α,β-unsaturated/α-hetero) is 1. The number of benzene rings is 1. The van der Waals surface area contributed by atoms with Crippen LogP contribution in [0.5, 0.6) is 0 Å². The van der Waals surface area contributed by atoms with Gasteiger partial charge in [-0.1, -0.05) is 12.1 Å². The van der Waals surface area contributed by atoms with Gasteiger partial charge in [-0.25, -0.2) is 14.4 Å². The number of hydrogen-bond acceptors (Lipinski definition) is 6.